The number of carboxylic acids is 1. The molecule has 0 aliphatic carbocycles. The minimum absolute atomic E-state index is 0.101. The summed E-state index contributed by atoms with van der Waals surface area (Å²) in [4.78, 5) is 29.2. The Morgan fingerprint density at radius 1 is 1.00 bits per heavy atom. The van der Waals surface area contributed by atoms with Gasteiger partial charge in [0.1, 0.15) is 5.75 Å². The van der Waals surface area contributed by atoms with Gasteiger partial charge >= 0.3 is 5.97 Å². The Hall–Kier alpha value is -3.58. The van der Waals surface area contributed by atoms with Crippen LogP contribution in [0.1, 0.15) is 15.9 Å². The summed E-state index contributed by atoms with van der Waals surface area (Å²) in [5.74, 6) is 0.310. The minimum atomic E-state index is -1.05. The van der Waals surface area contributed by atoms with Crippen LogP contribution in [-0.4, -0.2) is 33.0 Å². The lowest BCUT2D eigenvalue weighted by Gasteiger charge is -2.14. The quantitative estimate of drug-likeness (QED) is 0.254. The first-order chi connectivity index (χ1) is 15.1. The number of hydrogen-bond acceptors (Lipinski definition) is 5. The predicted molar refractivity (Wildman–Crippen MR) is 121 cm³/mol. The summed E-state index contributed by atoms with van der Waals surface area (Å²) in [6.07, 6.45) is 0. The standard InChI is InChI=1S/C24H20N2O4S/c27-22-20-12-11-18(23(28)29)15-21(20)25-24(26(22)16-17-7-3-1-4-8-17)31-14-13-30-19-9-5-2-6-10-19/h1-12,15H,13-14,16H2,(H,28,29). The molecule has 0 radical (unpaired) electrons. The number of benzene rings is 3. The number of aromatic carboxylic acids is 1. The second-order valence-corrected chi connectivity index (χ2v) is 7.88. The van der Waals surface area contributed by atoms with Crippen molar-refractivity contribution < 1.29 is 14.6 Å². The highest BCUT2D eigenvalue weighted by Gasteiger charge is 2.14. The fourth-order valence-corrected chi connectivity index (χ4v) is 3.97. The maximum atomic E-state index is 13.2. The van der Waals surface area contributed by atoms with Gasteiger partial charge in [-0.3, -0.25) is 9.36 Å². The molecular formula is C24H20N2O4S. The molecule has 0 fully saturated rings. The maximum Gasteiger partial charge on any atom is 0.335 e. The highest BCUT2D eigenvalue weighted by Crippen LogP contribution is 2.20. The van der Waals surface area contributed by atoms with Crippen molar-refractivity contribution >= 4 is 28.6 Å². The lowest BCUT2D eigenvalue weighted by Crippen LogP contribution is -2.24. The molecule has 0 spiro atoms. The first-order valence-electron chi connectivity index (χ1n) is 9.74. The van der Waals surface area contributed by atoms with Gasteiger partial charge in [-0.05, 0) is 35.9 Å². The Labute approximate surface area is 183 Å². The van der Waals surface area contributed by atoms with E-state index >= 15 is 0 Å². The van der Waals surface area contributed by atoms with E-state index in [9.17, 15) is 14.7 Å². The molecule has 0 saturated heterocycles. The molecule has 1 heterocycles. The molecule has 4 aromatic rings. The van der Waals surface area contributed by atoms with E-state index in [1.54, 1.807) is 4.57 Å². The normalized spacial score (nSPS) is 10.8. The van der Waals surface area contributed by atoms with Gasteiger partial charge in [-0.2, -0.15) is 0 Å². The summed E-state index contributed by atoms with van der Waals surface area (Å²) in [6, 6.07) is 23.6. The van der Waals surface area contributed by atoms with E-state index in [0.717, 1.165) is 11.3 Å². The van der Waals surface area contributed by atoms with Crippen molar-refractivity contribution in [2.45, 2.75) is 11.7 Å². The second kappa shape index (κ2) is 9.49. The Balaban J connectivity index is 1.64. The van der Waals surface area contributed by atoms with Gasteiger partial charge in [-0.15, -0.1) is 0 Å². The Bertz CT molecular complexity index is 1260. The molecule has 0 aliphatic heterocycles. The molecule has 0 unspecified atom stereocenters. The molecule has 0 amide bonds. The number of aromatic nitrogens is 2. The summed E-state index contributed by atoms with van der Waals surface area (Å²) in [5.41, 5.74) is 1.26. The molecule has 3 aromatic carbocycles. The summed E-state index contributed by atoms with van der Waals surface area (Å²) in [6.45, 7) is 0.828. The van der Waals surface area contributed by atoms with Crippen molar-refractivity contribution in [2.75, 3.05) is 12.4 Å². The first-order valence-corrected chi connectivity index (χ1v) is 10.7. The molecule has 0 saturated carbocycles. The number of hydrogen-bond donors (Lipinski definition) is 1. The monoisotopic (exact) mass is 432 g/mol. The Kier molecular flexibility index (Phi) is 6.33. The van der Waals surface area contributed by atoms with Crippen molar-refractivity contribution in [3.8, 4) is 5.75 Å². The van der Waals surface area contributed by atoms with Crippen molar-refractivity contribution in [3.05, 3.63) is 100 Å². The third kappa shape index (κ3) is 4.95. The average Bonchev–Trinajstić information content (AvgIpc) is 2.80. The van der Waals surface area contributed by atoms with Crippen molar-refractivity contribution in [2.24, 2.45) is 0 Å². The van der Waals surface area contributed by atoms with Gasteiger partial charge in [0.2, 0.25) is 0 Å². The van der Waals surface area contributed by atoms with Gasteiger partial charge in [0.25, 0.3) is 5.56 Å². The molecule has 0 atom stereocenters. The summed E-state index contributed by atoms with van der Waals surface area (Å²) in [7, 11) is 0. The smallest absolute Gasteiger partial charge is 0.335 e. The van der Waals surface area contributed by atoms with E-state index in [0.29, 0.717) is 35.0 Å². The number of thioether (sulfide) groups is 1. The van der Waals surface area contributed by atoms with Gasteiger partial charge in [-0.1, -0.05) is 60.3 Å². The van der Waals surface area contributed by atoms with Crippen LogP contribution in [0, 0.1) is 0 Å². The number of rotatable bonds is 8. The fraction of sp³-hybridized carbons (Fsp3) is 0.125. The van der Waals surface area contributed by atoms with Crippen LogP contribution in [0.4, 0.5) is 0 Å². The van der Waals surface area contributed by atoms with E-state index in [-0.39, 0.29) is 11.1 Å². The fourth-order valence-electron chi connectivity index (χ4n) is 3.16. The van der Waals surface area contributed by atoms with Crippen LogP contribution in [-0.2, 0) is 6.54 Å². The topological polar surface area (TPSA) is 81.4 Å². The maximum absolute atomic E-state index is 13.2. The Morgan fingerprint density at radius 2 is 1.71 bits per heavy atom. The third-order valence-corrected chi connectivity index (χ3v) is 5.62. The van der Waals surface area contributed by atoms with E-state index in [1.807, 2.05) is 60.7 Å². The van der Waals surface area contributed by atoms with Crippen molar-refractivity contribution in [1.82, 2.24) is 9.55 Å². The minimum Gasteiger partial charge on any atom is -0.493 e. The summed E-state index contributed by atoms with van der Waals surface area (Å²) >= 11 is 1.41. The van der Waals surface area contributed by atoms with Crippen LogP contribution < -0.4 is 10.3 Å². The van der Waals surface area contributed by atoms with E-state index in [1.165, 1.54) is 30.0 Å². The zero-order valence-corrected chi connectivity index (χ0v) is 17.4. The van der Waals surface area contributed by atoms with Crippen molar-refractivity contribution in [1.29, 1.82) is 0 Å². The lowest BCUT2D eigenvalue weighted by atomic mass is 10.1. The molecule has 31 heavy (non-hydrogen) atoms. The van der Waals surface area contributed by atoms with Crippen LogP contribution in [0.3, 0.4) is 0 Å². The van der Waals surface area contributed by atoms with Gasteiger partial charge < -0.3 is 9.84 Å². The number of nitrogens with zero attached hydrogens (tertiary/aromatic N) is 2. The number of carboxylic acid groups (broad SMARTS) is 1. The predicted octanol–water partition coefficient (Wildman–Crippen LogP) is 4.31. The molecule has 0 bridgehead atoms. The molecule has 4 rings (SSSR count). The molecule has 6 nitrogen and oxygen atoms in total. The second-order valence-electron chi connectivity index (χ2n) is 6.82. The van der Waals surface area contributed by atoms with Crippen LogP contribution in [0.15, 0.2) is 88.8 Å². The average molecular weight is 433 g/mol. The molecule has 156 valence electrons. The number of fused-ring (bicyclic) bond motifs is 1. The van der Waals surface area contributed by atoms with Gasteiger partial charge in [0, 0.05) is 5.75 Å². The zero-order chi connectivity index (χ0) is 21.6. The summed E-state index contributed by atoms with van der Waals surface area (Å²) in [5, 5.41) is 10.2. The Morgan fingerprint density at radius 3 is 2.42 bits per heavy atom. The number of carbonyl (C=O) groups is 1. The van der Waals surface area contributed by atoms with E-state index < -0.39 is 5.97 Å². The van der Waals surface area contributed by atoms with Crippen LogP contribution in [0.5, 0.6) is 5.75 Å². The van der Waals surface area contributed by atoms with E-state index in [2.05, 4.69) is 4.98 Å². The van der Waals surface area contributed by atoms with Crippen LogP contribution >= 0.6 is 11.8 Å². The van der Waals surface area contributed by atoms with Crippen LogP contribution in [0.25, 0.3) is 10.9 Å². The number of para-hydroxylation sites is 1. The van der Waals surface area contributed by atoms with Crippen molar-refractivity contribution in [3.63, 3.8) is 0 Å². The summed E-state index contributed by atoms with van der Waals surface area (Å²) < 4.78 is 7.37. The van der Waals surface area contributed by atoms with E-state index in [4.69, 9.17) is 4.74 Å². The van der Waals surface area contributed by atoms with Crippen LogP contribution in [0.2, 0.25) is 0 Å². The van der Waals surface area contributed by atoms with Gasteiger partial charge in [0.05, 0.1) is 29.6 Å². The molecule has 1 N–H and O–H groups in total. The molecular weight excluding hydrogens is 412 g/mol. The zero-order valence-electron chi connectivity index (χ0n) is 16.6. The highest BCUT2D eigenvalue weighted by atomic mass is 32.2. The largest absolute Gasteiger partial charge is 0.493 e. The van der Waals surface area contributed by atoms with Gasteiger partial charge in [-0.25, -0.2) is 9.78 Å². The highest BCUT2D eigenvalue weighted by molar-refractivity contribution is 7.99. The number of ether oxygens (including phenoxy) is 1. The molecule has 7 heteroatoms. The first kappa shape index (κ1) is 20.7. The lowest BCUT2D eigenvalue weighted by molar-refractivity contribution is 0.0697. The third-order valence-electron chi connectivity index (χ3n) is 4.68. The molecule has 1 aromatic heterocycles. The SMILES string of the molecule is O=C(O)c1ccc2c(=O)n(Cc3ccccc3)c(SCCOc3ccccc3)nc2c1. The van der Waals surface area contributed by atoms with Gasteiger partial charge in [0.15, 0.2) is 5.16 Å². The molecule has 0 aliphatic rings.